The van der Waals surface area contributed by atoms with Gasteiger partial charge < -0.3 is 21.1 Å². The van der Waals surface area contributed by atoms with Crippen molar-refractivity contribution in [3.8, 4) is 5.75 Å². The molecule has 0 heterocycles. The van der Waals surface area contributed by atoms with Gasteiger partial charge in [0.2, 0.25) is 5.91 Å². The molecule has 0 fully saturated rings. The predicted octanol–water partition coefficient (Wildman–Crippen LogP) is 1.57. The molecule has 0 saturated heterocycles. The zero-order valence-electron chi connectivity index (χ0n) is 13.4. The fourth-order valence-electron chi connectivity index (χ4n) is 1.98. The van der Waals surface area contributed by atoms with Crippen molar-refractivity contribution >= 4 is 11.9 Å². The summed E-state index contributed by atoms with van der Waals surface area (Å²) in [6, 6.07) is 6.49. The van der Waals surface area contributed by atoms with Crippen molar-refractivity contribution in [1.29, 1.82) is 0 Å². The second-order valence-electron chi connectivity index (χ2n) is 5.54. The van der Waals surface area contributed by atoms with E-state index in [4.69, 9.17) is 10.5 Å². The van der Waals surface area contributed by atoms with Crippen molar-refractivity contribution < 1.29 is 14.3 Å². The molecule has 6 nitrogen and oxygen atoms in total. The Hall–Kier alpha value is -2.24. The number of amides is 3. The SMILES string of the molecule is Cc1cccc(OCCCNC(=O)C(NC(N)=O)C(C)C)c1. The van der Waals surface area contributed by atoms with Gasteiger partial charge in [-0.15, -0.1) is 0 Å². The van der Waals surface area contributed by atoms with Crippen molar-refractivity contribution in [3.63, 3.8) is 0 Å². The minimum Gasteiger partial charge on any atom is -0.494 e. The summed E-state index contributed by atoms with van der Waals surface area (Å²) in [5.74, 6) is 0.558. The molecule has 1 rings (SSSR count). The summed E-state index contributed by atoms with van der Waals surface area (Å²) in [6.07, 6.45) is 0.682. The van der Waals surface area contributed by atoms with Crippen LogP contribution in [0.1, 0.15) is 25.8 Å². The number of nitrogens with one attached hydrogen (secondary N) is 2. The molecule has 0 saturated carbocycles. The van der Waals surface area contributed by atoms with E-state index in [1.54, 1.807) is 0 Å². The van der Waals surface area contributed by atoms with Crippen LogP contribution in [0.5, 0.6) is 5.75 Å². The minimum absolute atomic E-state index is 0.0314. The van der Waals surface area contributed by atoms with Crippen LogP contribution in [0.3, 0.4) is 0 Å². The first kappa shape index (κ1) is 17.8. The van der Waals surface area contributed by atoms with Crippen LogP contribution in [0.15, 0.2) is 24.3 Å². The molecule has 1 aromatic carbocycles. The average Bonchev–Trinajstić information content (AvgIpc) is 2.43. The molecule has 0 bridgehead atoms. The van der Waals surface area contributed by atoms with Crippen molar-refractivity contribution in [2.24, 2.45) is 11.7 Å². The van der Waals surface area contributed by atoms with Gasteiger partial charge in [-0.1, -0.05) is 26.0 Å². The Labute approximate surface area is 131 Å². The topological polar surface area (TPSA) is 93.4 Å². The van der Waals surface area contributed by atoms with Crippen LogP contribution >= 0.6 is 0 Å². The maximum Gasteiger partial charge on any atom is 0.312 e. The first-order valence-corrected chi connectivity index (χ1v) is 7.43. The number of hydrogen-bond donors (Lipinski definition) is 3. The van der Waals surface area contributed by atoms with Gasteiger partial charge in [0.15, 0.2) is 0 Å². The minimum atomic E-state index is -0.698. The van der Waals surface area contributed by atoms with E-state index in [9.17, 15) is 9.59 Å². The van der Waals surface area contributed by atoms with Crippen LogP contribution in [0.2, 0.25) is 0 Å². The van der Waals surface area contributed by atoms with Crippen LogP contribution in [-0.4, -0.2) is 31.1 Å². The molecule has 22 heavy (non-hydrogen) atoms. The first-order chi connectivity index (χ1) is 10.4. The van der Waals surface area contributed by atoms with Crippen LogP contribution in [-0.2, 0) is 4.79 Å². The van der Waals surface area contributed by atoms with Crippen LogP contribution in [0.4, 0.5) is 4.79 Å². The Morgan fingerprint density at radius 2 is 2.05 bits per heavy atom. The molecule has 3 amide bonds. The molecule has 1 unspecified atom stereocenters. The van der Waals surface area contributed by atoms with Crippen molar-refractivity contribution in [1.82, 2.24) is 10.6 Å². The van der Waals surface area contributed by atoms with Crippen LogP contribution < -0.4 is 21.1 Å². The van der Waals surface area contributed by atoms with Gasteiger partial charge >= 0.3 is 6.03 Å². The summed E-state index contributed by atoms with van der Waals surface area (Å²) in [5, 5.41) is 5.23. The van der Waals surface area contributed by atoms with Crippen molar-refractivity contribution in [2.75, 3.05) is 13.2 Å². The molecule has 0 aliphatic rings. The van der Waals surface area contributed by atoms with E-state index in [0.29, 0.717) is 19.6 Å². The molecule has 1 aromatic rings. The second kappa shape index (κ2) is 8.92. The number of urea groups is 1. The highest BCUT2D eigenvalue weighted by atomic mass is 16.5. The molecular formula is C16H25N3O3. The van der Waals surface area contributed by atoms with Gasteiger partial charge in [0.05, 0.1) is 6.61 Å². The lowest BCUT2D eigenvalue weighted by Crippen LogP contribution is -2.51. The average molecular weight is 307 g/mol. The molecule has 0 aliphatic heterocycles. The predicted molar refractivity (Wildman–Crippen MR) is 85.6 cm³/mol. The normalized spacial score (nSPS) is 11.8. The van der Waals surface area contributed by atoms with Gasteiger partial charge in [0.1, 0.15) is 11.8 Å². The molecule has 0 spiro atoms. The van der Waals surface area contributed by atoms with Crippen molar-refractivity contribution in [2.45, 2.75) is 33.2 Å². The molecule has 122 valence electrons. The molecular weight excluding hydrogens is 282 g/mol. The smallest absolute Gasteiger partial charge is 0.312 e. The van der Waals surface area contributed by atoms with E-state index in [2.05, 4.69) is 10.6 Å². The molecule has 4 N–H and O–H groups in total. The standard InChI is InChI=1S/C16H25N3O3/c1-11(2)14(19-16(17)21)15(20)18-8-5-9-22-13-7-4-6-12(3)10-13/h4,6-7,10-11,14H,5,8-9H2,1-3H3,(H,18,20)(H3,17,19,21). The van der Waals surface area contributed by atoms with E-state index >= 15 is 0 Å². The number of rotatable bonds is 8. The molecule has 0 radical (unpaired) electrons. The third-order valence-electron chi connectivity index (χ3n) is 3.13. The first-order valence-electron chi connectivity index (χ1n) is 7.43. The zero-order valence-corrected chi connectivity index (χ0v) is 13.4. The van der Waals surface area contributed by atoms with E-state index in [1.165, 1.54) is 0 Å². The number of hydrogen-bond acceptors (Lipinski definition) is 3. The third kappa shape index (κ3) is 6.47. The maximum atomic E-state index is 12.0. The monoisotopic (exact) mass is 307 g/mol. The fraction of sp³-hybridized carbons (Fsp3) is 0.500. The highest BCUT2D eigenvalue weighted by Gasteiger charge is 2.22. The Morgan fingerprint density at radius 1 is 1.32 bits per heavy atom. The number of carbonyl (C=O) groups excluding carboxylic acids is 2. The molecule has 1 atom stereocenters. The maximum absolute atomic E-state index is 12.0. The molecule has 0 aromatic heterocycles. The van der Waals surface area contributed by atoms with E-state index in [0.717, 1.165) is 11.3 Å². The van der Waals surface area contributed by atoms with Gasteiger partial charge in [0, 0.05) is 6.54 Å². The van der Waals surface area contributed by atoms with E-state index in [-0.39, 0.29) is 11.8 Å². The molecule has 0 aliphatic carbocycles. The quantitative estimate of drug-likeness (QED) is 0.636. The number of ether oxygens (including phenoxy) is 1. The number of nitrogens with two attached hydrogens (primary N) is 1. The van der Waals surface area contributed by atoms with Crippen molar-refractivity contribution in [3.05, 3.63) is 29.8 Å². The van der Waals surface area contributed by atoms with Gasteiger partial charge in [-0.25, -0.2) is 4.79 Å². The highest BCUT2D eigenvalue weighted by molar-refractivity contribution is 5.86. The van der Waals surface area contributed by atoms with Gasteiger partial charge in [-0.05, 0) is 37.0 Å². The number of benzene rings is 1. The van der Waals surface area contributed by atoms with Gasteiger partial charge in [0.25, 0.3) is 0 Å². The lowest BCUT2D eigenvalue weighted by Gasteiger charge is -2.20. The summed E-state index contributed by atoms with van der Waals surface area (Å²) in [7, 11) is 0. The summed E-state index contributed by atoms with van der Waals surface area (Å²) in [5.41, 5.74) is 6.21. The highest BCUT2D eigenvalue weighted by Crippen LogP contribution is 2.12. The largest absolute Gasteiger partial charge is 0.494 e. The summed E-state index contributed by atoms with van der Waals surface area (Å²) in [4.78, 5) is 22.9. The van der Waals surface area contributed by atoms with E-state index in [1.807, 2.05) is 45.0 Å². The number of aryl methyl sites for hydroxylation is 1. The molecule has 6 heteroatoms. The Balaban J connectivity index is 2.28. The lowest BCUT2D eigenvalue weighted by molar-refractivity contribution is -0.123. The summed E-state index contributed by atoms with van der Waals surface area (Å²) >= 11 is 0. The number of primary amides is 1. The third-order valence-corrected chi connectivity index (χ3v) is 3.13. The summed E-state index contributed by atoms with van der Waals surface area (Å²) in [6.45, 7) is 6.70. The summed E-state index contributed by atoms with van der Waals surface area (Å²) < 4.78 is 5.60. The number of carbonyl (C=O) groups is 2. The Bertz CT molecular complexity index is 503. The zero-order chi connectivity index (χ0) is 16.5. The van der Waals surface area contributed by atoms with Gasteiger partial charge in [-0.3, -0.25) is 4.79 Å². The van der Waals surface area contributed by atoms with Crippen LogP contribution in [0.25, 0.3) is 0 Å². The Morgan fingerprint density at radius 3 is 2.64 bits per heavy atom. The second-order valence-corrected chi connectivity index (χ2v) is 5.54. The fourth-order valence-corrected chi connectivity index (χ4v) is 1.98. The lowest BCUT2D eigenvalue weighted by atomic mass is 10.0. The van der Waals surface area contributed by atoms with Crippen LogP contribution in [0, 0.1) is 12.8 Å². The van der Waals surface area contributed by atoms with Gasteiger partial charge in [-0.2, -0.15) is 0 Å². The Kier molecular flexibility index (Phi) is 7.22. The van der Waals surface area contributed by atoms with E-state index < -0.39 is 12.1 Å².